The summed E-state index contributed by atoms with van der Waals surface area (Å²) in [5.41, 5.74) is 5.80. The van der Waals surface area contributed by atoms with Crippen LogP contribution in [0.4, 0.5) is 10.3 Å². The van der Waals surface area contributed by atoms with Crippen LogP contribution in [0.2, 0.25) is 0 Å². The summed E-state index contributed by atoms with van der Waals surface area (Å²) >= 11 is 1.18. The first-order valence-corrected chi connectivity index (χ1v) is 8.09. The molecule has 1 amide bonds. The molecule has 2 aromatic rings. The van der Waals surface area contributed by atoms with E-state index in [0.717, 1.165) is 0 Å². The van der Waals surface area contributed by atoms with Gasteiger partial charge in [-0.2, -0.15) is 0 Å². The first-order chi connectivity index (χ1) is 11.1. The quantitative estimate of drug-likeness (QED) is 0.813. The van der Waals surface area contributed by atoms with Crippen molar-refractivity contribution in [2.75, 3.05) is 37.0 Å². The maximum Gasteiger partial charge on any atom is 0.232 e. The van der Waals surface area contributed by atoms with Crippen molar-refractivity contribution in [2.24, 2.45) is 5.73 Å². The minimum atomic E-state index is -0.447. The van der Waals surface area contributed by atoms with Gasteiger partial charge in [-0.05, 0) is 18.2 Å². The summed E-state index contributed by atoms with van der Waals surface area (Å²) in [6, 6.07) is 6.17. The Labute approximate surface area is 136 Å². The predicted molar refractivity (Wildman–Crippen MR) is 84.3 cm³/mol. The molecular formula is C14H16FN5O2S. The fourth-order valence-electron chi connectivity index (χ4n) is 2.30. The molecule has 0 aliphatic carbocycles. The highest BCUT2D eigenvalue weighted by Crippen LogP contribution is 2.27. The van der Waals surface area contributed by atoms with E-state index in [0.29, 0.717) is 43.1 Å². The highest BCUT2D eigenvalue weighted by molar-refractivity contribution is 7.99. The summed E-state index contributed by atoms with van der Waals surface area (Å²) in [6.45, 7) is 2.54. The van der Waals surface area contributed by atoms with Gasteiger partial charge in [0.15, 0.2) is 5.16 Å². The standard InChI is InChI=1S/C14H16FN5O2S/c15-10-2-1-3-11(8-10)20-13(19-4-6-22-7-5-19)17-18-14(20)23-9-12(16)21/h1-3,8H,4-7,9H2,(H2,16,21). The fourth-order valence-corrected chi connectivity index (χ4v) is 2.99. The molecule has 1 aliphatic rings. The summed E-state index contributed by atoms with van der Waals surface area (Å²) in [6.07, 6.45) is 0. The second-order valence-electron chi connectivity index (χ2n) is 4.95. The van der Waals surface area contributed by atoms with E-state index in [1.54, 1.807) is 16.7 Å². The molecular weight excluding hydrogens is 321 g/mol. The van der Waals surface area contributed by atoms with E-state index in [2.05, 4.69) is 10.2 Å². The van der Waals surface area contributed by atoms with Crippen molar-refractivity contribution in [1.82, 2.24) is 14.8 Å². The Morgan fingerprint density at radius 2 is 2.13 bits per heavy atom. The van der Waals surface area contributed by atoms with Gasteiger partial charge in [0.25, 0.3) is 0 Å². The molecule has 0 saturated carbocycles. The van der Waals surface area contributed by atoms with Crippen molar-refractivity contribution in [3.05, 3.63) is 30.1 Å². The van der Waals surface area contributed by atoms with Crippen LogP contribution in [-0.4, -0.2) is 52.7 Å². The SMILES string of the molecule is NC(=O)CSc1nnc(N2CCOCC2)n1-c1cccc(F)c1. The number of halogens is 1. The topological polar surface area (TPSA) is 86.3 Å². The van der Waals surface area contributed by atoms with Crippen LogP contribution >= 0.6 is 11.8 Å². The van der Waals surface area contributed by atoms with Crippen LogP contribution in [0, 0.1) is 5.82 Å². The first kappa shape index (κ1) is 15.8. The summed E-state index contributed by atoms with van der Waals surface area (Å²) < 4.78 is 20.7. The van der Waals surface area contributed by atoms with Gasteiger partial charge in [0.05, 0.1) is 24.7 Å². The molecule has 0 unspecified atom stereocenters. The lowest BCUT2D eigenvalue weighted by Crippen LogP contribution is -2.37. The Hall–Kier alpha value is -2.13. The van der Waals surface area contributed by atoms with E-state index in [9.17, 15) is 9.18 Å². The van der Waals surface area contributed by atoms with Crippen LogP contribution < -0.4 is 10.6 Å². The molecule has 0 bridgehead atoms. The second kappa shape index (κ2) is 6.97. The third-order valence-electron chi connectivity index (χ3n) is 3.32. The van der Waals surface area contributed by atoms with Crippen molar-refractivity contribution in [3.8, 4) is 5.69 Å². The number of nitrogens with zero attached hydrogens (tertiary/aromatic N) is 4. The van der Waals surface area contributed by atoms with Crippen molar-refractivity contribution < 1.29 is 13.9 Å². The van der Waals surface area contributed by atoms with Gasteiger partial charge in [-0.25, -0.2) is 4.39 Å². The van der Waals surface area contributed by atoms with Gasteiger partial charge in [0.1, 0.15) is 5.82 Å². The van der Waals surface area contributed by atoms with Crippen LogP contribution in [0.3, 0.4) is 0 Å². The highest BCUT2D eigenvalue weighted by Gasteiger charge is 2.22. The third-order valence-corrected chi connectivity index (χ3v) is 4.27. The maximum atomic E-state index is 13.6. The fraction of sp³-hybridized carbons (Fsp3) is 0.357. The number of amides is 1. The van der Waals surface area contributed by atoms with E-state index < -0.39 is 5.91 Å². The van der Waals surface area contributed by atoms with Crippen LogP contribution in [0.1, 0.15) is 0 Å². The molecule has 7 nitrogen and oxygen atoms in total. The molecule has 1 aliphatic heterocycles. The number of anilines is 1. The van der Waals surface area contributed by atoms with Crippen LogP contribution in [0.5, 0.6) is 0 Å². The van der Waals surface area contributed by atoms with E-state index in [1.165, 1.54) is 23.9 Å². The van der Waals surface area contributed by atoms with E-state index in [1.807, 2.05) is 4.90 Å². The number of rotatable bonds is 5. The molecule has 2 N–H and O–H groups in total. The van der Waals surface area contributed by atoms with Crippen molar-refractivity contribution >= 4 is 23.6 Å². The smallest absolute Gasteiger partial charge is 0.232 e. The van der Waals surface area contributed by atoms with E-state index >= 15 is 0 Å². The van der Waals surface area contributed by atoms with Gasteiger partial charge < -0.3 is 15.4 Å². The van der Waals surface area contributed by atoms with Gasteiger partial charge in [-0.1, -0.05) is 17.8 Å². The number of hydrogen-bond donors (Lipinski definition) is 1. The maximum absolute atomic E-state index is 13.6. The Balaban J connectivity index is 2.00. The van der Waals surface area contributed by atoms with Crippen molar-refractivity contribution in [3.63, 3.8) is 0 Å². The first-order valence-electron chi connectivity index (χ1n) is 7.10. The van der Waals surface area contributed by atoms with Crippen LogP contribution in [-0.2, 0) is 9.53 Å². The third kappa shape index (κ3) is 3.62. The van der Waals surface area contributed by atoms with E-state index in [4.69, 9.17) is 10.5 Å². The number of ether oxygens (including phenoxy) is 1. The zero-order valence-corrected chi connectivity index (χ0v) is 13.1. The van der Waals surface area contributed by atoms with Crippen LogP contribution in [0.15, 0.2) is 29.4 Å². The largest absolute Gasteiger partial charge is 0.378 e. The predicted octanol–water partition coefficient (Wildman–Crippen LogP) is 0.820. The number of morpholine rings is 1. The molecule has 9 heteroatoms. The average molecular weight is 337 g/mol. The van der Waals surface area contributed by atoms with Crippen LogP contribution in [0.25, 0.3) is 5.69 Å². The Kier molecular flexibility index (Phi) is 4.77. The lowest BCUT2D eigenvalue weighted by Gasteiger charge is -2.27. The molecule has 0 atom stereocenters. The molecule has 1 fully saturated rings. The summed E-state index contributed by atoms with van der Waals surface area (Å²) in [7, 11) is 0. The number of benzene rings is 1. The lowest BCUT2D eigenvalue weighted by atomic mass is 10.3. The molecule has 2 heterocycles. The minimum Gasteiger partial charge on any atom is -0.378 e. The summed E-state index contributed by atoms with van der Waals surface area (Å²) in [5, 5.41) is 8.84. The zero-order valence-electron chi connectivity index (χ0n) is 12.3. The molecule has 0 spiro atoms. The lowest BCUT2D eigenvalue weighted by molar-refractivity contribution is -0.115. The second-order valence-corrected chi connectivity index (χ2v) is 5.89. The van der Waals surface area contributed by atoms with E-state index in [-0.39, 0.29) is 11.6 Å². The average Bonchev–Trinajstić information content (AvgIpc) is 2.97. The molecule has 3 rings (SSSR count). The molecule has 1 saturated heterocycles. The monoisotopic (exact) mass is 337 g/mol. The molecule has 1 aromatic carbocycles. The van der Waals surface area contributed by atoms with Gasteiger partial charge in [-0.3, -0.25) is 9.36 Å². The number of hydrogen-bond acceptors (Lipinski definition) is 6. The Morgan fingerprint density at radius 1 is 1.35 bits per heavy atom. The summed E-state index contributed by atoms with van der Waals surface area (Å²) in [5.74, 6) is -0.117. The number of primary amides is 1. The number of aromatic nitrogens is 3. The molecule has 1 aromatic heterocycles. The Bertz CT molecular complexity index is 702. The normalized spacial score (nSPS) is 14.9. The van der Waals surface area contributed by atoms with Crippen molar-refractivity contribution in [1.29, 1.82) is 0 Å². The number of thioether (sulfide) groups is 1. The Morgan fingerprint density at radius 3 is 2.83 bits per heavy atom. The molecule has 0 radical (unpaired) electrons. The molecule has 122 valence electrons. The van der Waals surface area contributed by atoms with Gasteiger partial charge in [-0.15, -0.1) is 10.2 Å². The van der Waals surface area contributed by atoms with Gasteiger partial charge >= 0.3 is 0 Å². The number of carbonyl (C=O) groups is 1. The zero-order chi connectivity index (χ0) is 16.2. The minimum absolute atomic E-state index is 0.0799. The summed E-state index contributed by atoms with van der Waals surface area (Å²) in [4.78, 5) is 13.1. The molecule has 23 heavy (non-hydrogen) atoms. The van der Waals surface area contributed by atoms with Crippen molar-refractivity contribution in [2.45, 2.75) is 5.16 Å². The van der Waals surface area contributed by atoms with Gasteiger partial charge in [0.2, 0.25) is 11.9 Å². The van der Waals surface area contributed by atoms with Gasteiger partial charge in [0, 0.05) is 13.1 Å². The number of nitrogens with two attached hydrogens (primary N) is 1. The highest BCUT2D eigenvalue weighted by atomic mass is 32.2. The number of carbonyl (C=O) groups excluding carboxylic acids is 1.